The zero-order valence-electron chi connectivity index (χ0n) is 7.02. The highest BCUT2D eigenvalue weighted by Gasteiger charge is 2.22. The Balaban J connectivity index is 2.56. The molecule has 0 radical (unpaired) electrons. The molecule has 0 saturated carbocycles. The van der Waals surface area contributed by atoms with Crippen molar-refractivity contribution >= 4 is 23.7 Å². The van der Waals surface area contributed by atoms with E-state index in [1.165, 1.54) is 11.9 Å². The van der Waals surface area contributed by atoms with E-state index in [1.807, 2.05) is 12.1 Å². The number of aliphatic hydroxyl groups excluding tert-OH is 1. The number of nitrogens with one attached hydrogen (secondary N) is 1. The lowest BCUT2D eigenvalue weighted by molar-refractivity contribution is -0.132. The molecule has 0 aliphatic carbocycles. The molecule has 0 unspecified atom stereocenters. The molecule has 1 aliphatic heterocycles. The molecule has 3 N–H and O–H groups in total. The third-order valence-corrected chi connectivity index (χ3v) is 2.74. The van der Waals surface area contributed by atoms with E-state index in [-0.39, 0.29) is 11.5 Å². The molecule has 0 saturated heterocycles. The van der Waals surface area contributed by atoms with Gasteiger partial charge >= 0.3 is 5.97 Å². The lowest BCUT2D eigenvalue weighted by atomic mass is 10.1. The zero-order chi connectivity index (χ0) is 10.1. The fourth-order valence-corrected chi connectivity index (χ4v) is 2.00. The molecule has 0 bridgehead atoms. The average molecular weight is 209 g/mol. The first-order valence-electron chi connectivity index (χ1n) is 3.89. The van der Waals surface area contributed by atoms with Gasteiger partial charge in [-0.05, 0) is 24.1 Å². The van der Waals surface area contributed by atoms with Gasteiger partial charge in [0, 0.05) is 10.5 Å². The normalized spacial score (nSPS) is 14.6. The lowest BCUT2D eigenvalue weighted by Gasteiger charge is -2.17. The fraction of sp³-hybridized carbons (Fsp3) is 0. The van der Waals surface area contributed by atoms with Gasteiger partial charge in [0.2, 0.25) is 0 Å². The Morgan fingerprint density at radius 3 is 2.79 bits per heavy atom. The summed E-state index contributed by atoms with van der Waals surface area (Å²) in [7, 11) is 0. The van der Waals surface area contributed by atoms with E-state index in [4.69, 9.17) is 5.11 Å². The van der Waals surface area contributed by atoms with E-state index in [2.05, 4.69) is 4.72 Å². The third-order valence-electron chi connectivity index (χ3n) is 1.86. The lowest BCUT2D eigenvalue weighted by Crippen LogP contribution is -2.19. The summed E-state index contributed by atoms with van der Waals surface area (Å²) in [5, 5.41) is 18.4. The summed E-state index contributed by atoms with van der Waals surface area (Å²) >= 11 is 1.18. The van der Waals surface area contributed by atoms with Crippen molar-refractivity contribution in [3.63, 3.8) is 0 Å². The minimum absolute atomic E-state index is 0.172. The van der Waals surface area contributed by atoms with Crippen LogP contribution in [-0.2, 0) is 4.79 Å². The fourth-order valence-electron chi connectivity index (χ4n) is 1.19. The van der Waals surface area contributed by atoms with Gasteiger partial charge in [0.1, 0.15) is 0 Å². The van der Waals surface area contributed by atoms with E-state index in [1.54, 1.807) is 12.1 Å². The van der Waals surface area contributed by atoms with Gasteiger partial charge in [-0.3, -0.25) is 0 Å². The minimum atomic E-state index is -1.16. The molecule has 1 heterocycles. The second-order valence-corrected chi connectivity index (χ2v) is 3.58. The van der Waals surface area contributed by atoms with Crippen LogP contribution in [0.5, 0.6) is 0 Å². The van der Waals surface area contributed by atoms with Crippen molar-refractivity contribution in [3.8, 4) is 0 Å². The van der Waals surface area contributed by atoms with Crippen molar-refractivity contribution in [3.05, 3.63) is 35.5 Å². The van der Waals surface area contributed by atoms with Gasteiger partial charge in [0.15, 0.2) is 11.5 Å². The number of rotatable bonds is 1. The smallest absolute Gasteiger partial charge is 0.356 e. The van der Waals surface area contributed by atoms with E-state index in [0.29, 0.717) is 5.56 Å². The molecule has 0 aromatic heterocycles. The van der Waals surface area contributed by atoms with Crippen LogP contribution in [-0.4, -0.2) is 16.2 Å². The van der Waals surface area contributed by atoms with Crippen molar-refractivity contribution in [2.24, 2.45) is 0 Å². The largest absolute Gasteiger partial charge is 0.505 e. The number of hydrogen-bond donors (Lipinski definition) is 3. The van der Waals surface area contributed by atoms with Gasteiger partial charge in [-0.15, -0.1) is 0 Å². The molecular weight excluding hydrogens is 202 g/mol. The van der Waals surface area contributed by atoms with Gasteiger partial charge in [-0.1, -0.05) is 12.1 Å². The number of fused-ring (bicyclic) bond motifs is 1. The number of hydrogen-bond acceptors (Lipinski definition) is 4. The number of benzene rings is 1. The van der Waals surface area contributed by atoms with Crippen LogP contribution < -0.4 is 4.72 Å². The molecule has 1 aliphatic rings. The summed E-state index contributed by atoms with van der Waals surface area (Å²) in [6, 6.07) is 7.07. The van der Waals surface area contributed by atoms with Crippen molar-refractivity contribution in [2.75, 3.05) is 0 Å². The highest BCUT2D eigenvalue weighted by Crippen LogP contribution is 2.31. The second kappa shape index (κ2) is 3.26. The molecule has 0 spiro atoms. The van der Waals surface area contributed by atoms with Crippen molar-refractivity contribution in [1.29, 1.82) is 0 Å². The molecule has 5 heteroatoms. The van der Waals surface area contributed by atoms with Crippen molar-refractivity contribution in [1.82, 2.24) is 4.72 Å². The van der Waals surface area contributed by atoms with Crippen LogP contribution in [0, 0.1) is 0 Å². The summed E-state index contributed by atoms with van der Waals surface area (Å²) < 4.78 is 2.57. The van der Waals surface area contributed by atoms with Gasteiger partial charge in [0.05, 0.1) is 0 Å². The monoisotopic (exact) mass is 209 g/mol. The van der Waals surface area contributed by atoms with Crippen molar-refractivity contribution in [2.45, 2.75) is 4.90 Å². The van der Waals surface area contributed by atoms with Gasteiger partial charge in [-0.2, -0.15) is 0 Å². The average Bonchev–Trinajstić information content (AvgIpc) is 2.18. The van der Waals surface area contributed by atoms with Gasteiger partial charge in [0.25, 0.3) is 0 Å². The maximum Gasteiger partial charge on any atom is 0.356 e. The minimum Gasteiger partial charge on any atom is -0.505 e. The number of aliphatic hydroxyl groups is 1. The molecule has 0 amide bonds. The molecule has 72 valence electrons. The Labute approximate surface area is 84.4 Å². The van der Waals surface area contributed by atoms with E-state index in [0.717, 1.165) is 4.90 Å². The second-order valence-electron chi connectivity index (χ2n) is 2.73. The summed E-state index contributed by atoms with van der Waals surface area (Å²) in [6.45, 7) is 0. The summed E-state index contributed by atoms with van der Waals surface area (Å²) in [5.41, 5.74) is 0.377. The Kier molecular flexibility index (Phi) is 2.09. The Bertz CT molecular complexity index is 428. The predicted octanol–water partition coefficient (Wildman–Crippen LogP) is 1.61. The molecule has 0 fully saturated rings. The van der Waals surface area contributed by atoms with Gasteiger partial charge in [-0.25, -0.2) is 4.79 Å². The summed E-state index contributed by atoms with van der Waals surface area (Å²) in [5.74, 6) is -1.38. The van der Waals surface area contributed by atoms with Crippen molar-refractivity contribution < 1.29 is 15.0 Å². The molecule has 1 aromatic rings. The third kappa shape index (κ3) is 1.31. The predicted molar refractivity (Wildman–Crippen MR) is 52.6 cm³/mol. The first-order valence-corrected chi connectivity index (χ1v) is 4.70. The van der Waals surface area contributed by atoms with E-state index in [9.17, 15) is 9.90 Å². The first-order chi connectivity index (χ1) is 6.70. The van der Waals surface area contributed by atoms with Crippen LogP contribution in [0.1, 0.15) is 5.56 Å². The van der Waals surface area contributed by atoms with Crippen LogP contribution >= 0.6 is 11.9 Å². The van der Waals surface area contributed by atoms with Crippen LogP contribution in [0.3, 0.4) is 0 Å². The highest BCUT2D eigenvalue weighted by molar-refractivity contribution is 7.97. The number of carboxylic acid groups (broad SMARTS) is 1. The van der Waals surface area contributed by atoms with Gasteiger partial charge < -0.3 is 14.9 Å². The molecule has 0 atom stereocenters. The summed E-state index contributed by atoms with van der Waals surface area (Å²) in [4.78, 5) is 11.5. The number of carbonyl (C=O) groups is 1. The van der Waals surface area contributed by atoms with Crippen LogP contribution in [0.25, 0.3) is 5.76 Å². The topological polar surface area (TPSA) is 69.6 Å². The SMILES string of the molecule is O=C(O)C1=C(O)c2ccccc2SN1. The maximum absolute atomic E-state index is 10.7. The highest BCUT2D eigenvalue weighted by atomic mass is 32.2. The Hall–Kier alpha value is -1.62. The van der Waals surface area contributed by atoms with Crippen LogP contribution in [0.4, 0.5) is 0 Å². The number of carboxylic acids is 1. The zero-order valence-corrected chi connectivity index (χ0v) is 7.84. The van der Waals surface area contributed by atoms with Crippen LogP contribution in [0.2, 0.25) is 0 Å². The number of aliphatic carboxylic acids is 1. The standard InChI is InChI=1S/C9H7NO3S/c11-8-5-3-1-2-4-6(5)14-10-7(8)9(12)13/h1-4,10-11H,(H,12,13). The molecule has 14 heavy (non-hydrogen) atoms. The van der Waals surface area contributed by atoms with E-state index < -0.39 is 5.97 Å². The molecule has 2 rings (SSSR count). The Morgan fingerprint density at radius 1 is 1.36 bits per heavy atom. The molecule has 1 aromatic carbocycles. The van der Waals surface area contributed by atoms with E-state index >= 15 is 0 Å². The first kappa shape index (κ1) is 8.96. The van der Waals surface area contributed by atoms with Crippen LogP contribution in [0.15, 0.2) is 34.9 Å². The quantitative estimate of drug-likeness (QED) is 0.613. The molecular formula is C9H7NO3S. The maximum atomic E-state index is 10.7. The molecule has 4 nitrogen and oxygen atoms in total. The Morgan fingerprint density at radius 2 is 2.07 bits per heavy atom. The summed E-state index contributed by atoms with van der Waals surface area (Å²) in [6.07, 6.45) is 0.